The van der Waals surface area contributed by atoms with Gasteiger partial charge in [-0.05, 0) is 39.4 Å². The van der Waals surface area contributed by atoms with Gasteiger partial charge in [-0.2, -0.15) is 0 Å². The molecule has 102 valence electrons. The van der Waals surface area contributed by atoms with Crippen molar-refractivity contribution in [1.82, 2.24) is 10.2 Å². The molecule has 1 saturated heterocycles. The lowest BCUT2D eigenvalue weighted by molar-refractivity contribution is 0.00201. The SMILES string of the molecule is CCOC1CCCN(Cc2cc(CNC)co2)C1. The average Bonchev–Trinajstić information content (AvgIpc) is 2.78. The Bertz CT molecular complexity index is 349. The van der Waals surface area contributed by atoms with Gasteiger partial charge in [-0.1, -0.05) is 0 Å². The Kier molecular flexibility index (Phi) is 5.23. The first kappa shape index (κ1) is 13.6. The number of likely N-dealkylation sites (tertiary alicyclic amines) is 1. The van der Waals surface area contributed by atoms with Gasteiger partial charge in [-0.25, -0.2) is 0 Å². The van der Waals surface area contributed by atoms with Crippen molar-refractivity contribution in [3.8, 4) is 0 Å². The maximum atomic E-state index is 5.71. The third-order valence-electron chi connectivity index (χ3n) is 3.33. The molecule has 0 bridgehead atoms. The first-order valence-electron chi connectivity index (χ1n) is 6.86. The summed E-state index contributed by atoms with van der Waals surface area (Å²) in [5.74, 6) is 1.05. The second-order valence-electron chi connectivity index (χ2n) is 4.91. The molecule has 1 aliphatic rings. The highest BCUT2D eigenvalue weighted by atomic mass is 16.5. The lowest BCUT2D eigenvalue weighted by Crippen LogP contribution is -2.39. The number of rotatable bonds is 6. The van der Waals surface area contributed by atoms with Gasteiger partial charge in [0.2, 0.25) is 0 Å². The lowest BCUT2D eigenvalue weighted by atomic mass is 10.1. The summed E-state index contributed by atoms with van der Waals surface area (Å²) in [4.78, 5) is 2.42. The zero-order chi connectivity index (χ0) is 12.8. The van der Waals surface area contributed by atoms with Crippen LogP contribution in [0.2, 0.25) is 0 Å². The normalized spacial score (nSPS) is 21.3. The van der Waals surface area contributed by atoms with E-state index in [4.69, 9.17) is 9.15 Å². The Hall–Kier alpha value is -0.840. The number of furan rings is 1. The molecule has 1 atom stereocenters. The predicted molar refractivity (Wildman–Crippen MR) is 71.4 cm³/mol. The molecule has 0 aromatic carbocycles. The van der Waals surface area contributed by atoms with Crippen LogP contribution in [0.3, 0.4) is 0 Å². The van der Waals surface area contributed by atoms with Crippen molar-refractivity contribution >= 4 is 0 Å². The fourth-order valence-electron chi connectivity index (χ4n) is 2.55. The van der Waals surface area contributed by atoms with Crippen molar-refractivity contribution in [3.05, 3.63) is 23.7 Å². The van der Waals surface area contributed by atoms with Gasteiger partial charge in [0, 0.05) is 25.3 Å². The van der Waals surface area contributed by atoms with Crippen molar-refractivity contribution in [3.63, 3.8) is 0 Å². The van der Waals surface area contributed by atoms with Crippen LogP contribution in [-0.4, -0.2) is 37.7 Å². The molecule has 0 saturated carbocycles. The first-order valence-corrected chi connectivity index (χ1v) is 6.86. The highest BCUT2D eigenvalue weighted by Crippen LogP contribution is 2.17. The molecule has 2 rings (SSSR count). The molecule has 4 nitrogen and oxygen atoms in total. The number of hydrogen-bond donors (Lipinski definition) is 1. The second-order valence-corrected chi connectivity index (χ2v) is 4.91. The quantitative estimate of drug-likeness (QED) is 0.840. The largest absolute Gasteiger partial charge is 0.468 e. The van der Waals surface area contributed by atoms with E-state index in [9.17, 15) is 0 Å². The number of ether oxygens (including phenoxy) is 1. The van der Waals surface area contributed by atoms with Gasteiger partial charge in [0.1, 0.15) is 5.76 Å². The number of nitrogens with one attached hydrogen (secondary N) is 1. The highest BCUT2D eigenvalue weighted by molar-refractivity contribution is 5.12. The summed E-state index contributed by atoms with van der Waals surface area (Å²) in [5.41, 5.74) is 1.21. The molecule has 1 unspecified atom stereocenters. The standard InChI is InChI=1S/C14H24N2O2/c1-3-17-13-5-4-6-16(9-13)10-14-7-12(8-15-2)11-18-14/h7,11,13,15H,3-6,8-10H2,1-2H3. The highest BCUT2D eigenvalue weighted by Gasteiger charge is 2.20. The van der Waals surface area contributed by atoms with E-state index in [0.717, 1.165) is 38.5 Å². The minimum Gasteiger partial charge on any atom is -0.468 e. The molecular formula is C14H24N2O2. The van der Waals surface area contributed by atoms with E-state index in [2.05, 4.69) is 23.2 Å². The molecule has 0 amide bonds. The molecule has 1 fully saturated rings. The van der Waals surface area contributed by atoms with E-state index in [1.807, 2.05) is 13.3 Å². The van der Waals surface area contributed by atoms with E-state index in [1.54, 1.807) is 0 Å². The summed E-state index contributed by atoms with van der Waals surface area (Å²) in [6.07, 6.45) is 4.65. The molecule has 1 aromatic rings. The minimum absolute atomic E-state index is 0.399. The zero-order valence-corrected chi connectivity index (χ0v) is 11.4. The zero-order valence-electron chi connectivity index (χ0n) is 11.4. The van der Waals surface area contributed by atoms with Gasteiger partial charge < -0.3 is 14.5 Å². The lowest BCUT2D eigenvalue weighted by Gasteiger charge is -2.31. The van der Waals surface area contributed by atoms with Crippen LogP contribution in [0.5, 0.6) is 0 Å². The number of nitrogens with zero attached hydrogens (tertiary/aromatic N) is 1. The van der Waals surface area contributed by atoms with Crippen molar-refractivity contribution in [2.45, 2.75) is 39.0 Å². The Morgan fingerprint density at radius 2 is 2.44 bits per heavy atom. The van der Waals surface area contributed by atoms with Crippen LogP contribution < -0.4 is 5.32 Å². The molecule has 1 aromatic heterocycles. The van der Waals surface area contributed by atoms with E-state index in [1.165, 1.54) is 18.4 Å². The Labute approximate surface area is 109 Å². The molecular weight excluding hydrogens is 228 g/mol. The van der Waals surface area contributed by atoms with Crippen LogP contribution in [0.15, 0.2) is 16.7 Å². The predicted octanol–water partition coefficient (Wildman–Crippen LogP) is 2.00. The van der Waals surface area contributed by atoms with Crippen LogP contribution >= 0.6 is 0 Å². The van der Waals surface area contributed by atoms with Gasteiger partial charge in [-0.3, -0.25) is 4.90 Å². The van der Waals surface area contributed by atoms with Crippen molar-refractivity contribution in [1.29, 1.82) is 0 Å². The Morgan fingerprint density at radius 3 is 3.22 bits per heavy atom. The van der Waals surface area contributed by atoms with Gasteiger partial charge in [-0.15, -0.1) is 0 Å². The summed E-state index contributed by atoms with van der Waals surface area (Å²) in [5, 5.41) is 3.13. The smallest absolute Gasteiger partial charge is 0.118 e. The molecule has 1 N–H and O–H groups in total. The van der Waals surface area contributed by atoms with E-state index in [0.29, 0.717) is 6.10 Å². The third-order valence-corrected chi connectivity index (χ3v) is 3.33. The minimum atomic E-state index is 0.399. The van der Waals surface area contributed by atoms with Gasteiger partial charge in [0.15, 0.2) is 0 Å². The van der Waals surface area contributed by atoms with Crippen LogP contribution in [0.4, 0.5) is 0 Å². The molecule has 4 heteroatoms. The summed E-state index contributed by atoms with van der Waals surface area (Å²) >= 11 is 0. The van der Waals surface area contributed by atoms with Crippen LogP contribution in [0, 0.1) is 0 Å². The average molecular weight is 252 g/mol. The van der Waals surface area contributed by atoms with Crippen LogP contribution in [0.1, 0.15) is 31.1 Å². The fraction of sp³-hybridized carbons (Fsp3) is 0.714. The van der Waals surface area contributed by atoms with Gasteiger partial charge in [0.05, 0.1) is 18.9 Å². The Balaban J connectivity index is 1.84. The number of hydrogen-bond acceptors (Lipinski definition) is 4. The Morgan fingerprint density at radius 1 is 1.56 bits per heavy atom. The fourth-order valence-corrected chi connectivity index (χ4v) is 2.55. The molecule has 1 aliphatic heterocycles. The second kappa shape index (κ2) is 6.92. The van der Waals surface area contributed by atoms with Crippen LogP contribution in [-0.2, 0) is 17.8 Å². The van der Waals surface area contributed by atoms with Crippen molar-refractivity contribution in [2.24, 2.45) is 0 Å². The maximum absolute atomic E-state index is 5.71. The van der Waals surface area contributed by atoms with Crippen molar-refractivity contribution in [2.75, 3.05) is 26.7 Å². The van der Waals surface area contributed by atoms with E-state index >= 15 is 0 Å². The molecule has 2 heterocycles. The van der Waals surface area contributed by atoms with Crippen LogP contribution in [0.25, 0.3) is 0 Å². The molecule has 0 aliphatic carbocycles. The topological polar surface area (TPSA) is 37.6 Å². The summed E-state index contributed by atoms with van der Waals surface area (Å²) in [6.45, 7) is 6.81. The van der Waals surface area contributed by atoms with Crippen molar-refractivity contribution < 1.29 is 9.15 Å². The first-order chi connectivity index (χ1) is 8.81. The van der Waals surface area contributed by atoms with Gasteiger partial charge in [0.25, 0.3) is 0 Å². The number of piperidine rings is 1. The maximum Gasteiger partial charge on any atom is 0.118 e. The molecule has 18 heavy (non-hydrogen) atoms. The van der Waals surface area contributed by atoms with Gasteiger partial charge >= 0.3 is 0 Å². The van der Waals surface area contributed by atoms with E-state index in [-0.39, 0.29) is 0 Å². The summed E-state index contributed by atoms with van der Waals surface area (Å²) in [6, 6.07) is 2.14. The summed E-state index contributed by atoms with van der Waals surface area (Å²) < 4.78 is 11.3. The third kappa shape index (κ3) is 3.83. The summed E-state index contributed by atoms with van der Waals surface area (Å²) in [7, 11) is 1.95. The molecule has 0 spiro atoms. The molecule has 0 radical (unpaired) electrons. The monoisotopic (exact) mass is 252 g/mol. The van der Waals surface area contributed by atoms with E-state index < -0.39 is 0 Å².